The third-order valence-corrected chi connectivity index (χ3v) is 2.66. The van der Waals surface area contributed by atoms with E-state index in [2.05, 4.69) is 0 Å². The Labute approximate surface area is 100 Å². The zero-order valence-corrected chi connectivity index (χ0v) is 9.65. The molecule has 0 spiro atoms. The van der Waals surface area contributed by atoms with Gasteiger partial charge in [0, 0.05) is 0 Å². The molecule has 0 unspecified atom stereocenters. The second-order valence-electron chi connectivity index (χ2n) is 4.09. The van der Waals surface area contributed by atoms with Crippen molar-refractivity contribution in [3.8, 4) is 5.75 Å². The quantitative estimate of drug-likeness (QED) is 0.810. The molecular formula is C11H12F5NO. The highest BCUT2D eigenvalue weighted by Crippen LogP contribution is 2.44. The van der Waals surface area contributed by atoms with Crippen molar-refractivity contribution < 1.29 is 27.1 Å². The van der Waals surface area contributed by atoms with E-state index in [-0.39, 0.29) is 22.4 Å². The van der Waals surface area contributed by atoms with Crippen LogP contribution in [0.4, 0.5) is 22.0 Å². The molecule has 0 aliphatic heterocycles. The van der Waals surface area contributed by atoms with E-state index in [1.807, 2.05) is 0 Å². The summed E-state index contributed by atoms with van der Waals surface area (Å²) >= 11 is 0. The summed E-state index contributed by atoms with van der Waals surface area (Å²) in [7, 11) is 0. The molecule has 0 aromatic heterocycles. The summed E-state index contributed by atoms with van der Waals surface area (Å²) in [5, 5.41) is 9.21. The van der Waals surface area contributed by atoms with E-state index in [4.69, 9.17) is 5.73 Å². The first kappa shape index (κ1) is 14.7. The summed E-state index contributed by atoms with van der Waals surface area (Å²) in [6.07, 6.45) is -5.72. The highest BCUT2D eigenvalue weighted by molar-refractivity contribution is 5.43. The Morgan fingerprint density at radius 3 is 1.78 bits per heavy atom. The molecule has 7 heteroatoms. The highest BCUT2D eigenvalue weighted by Gasteiger charge is 2.62. The van der Waals surface area contributed by atoms with E-state index in [0.29, 0.717) is 0 Å². The standard InChI is InChI=1S/C11H12F5NO/c1-5-3-7(18)4-6(2)8(5)9(17)10(12,13)11(14,15)16/h3-4,9,18H,17H2,1-2H3/t9-/m1/s1. The summed E-state index contributed by atoms with van der Waals surface area (Å²) < 4.78 is 63.0. The number of hydrogen-bond donors (Lipinski definition) is 2. The van der Waals surface area contributed by atoms with Crippen LogP contribution in [0.15, 0.2) is 12.1 Å². The van der Waals surface area contributed by atoms with Crippen molar-refractivity contribution >= 4 is 0 Å². The number of halogens is 5. The fourth-order valence-electron chi connectivity index (χ4n) is 1.80. The molecule has 0 aliphatic carbocycles. The summed E-state index contributed by atoms with van der Waals surface area (Å²) in [4.78, 5) is 0. The van der Waals surface area contributed by atoms with Crippen LogP contribution >= 0.6 is 0 Å². The van der Waals surface area contributed by atoms with Gasteiger partial charge in [-0.2, -0.15) is 22.0 Å². The number of rotatable bonds is 2. The zero-order valence-electron chi connectivity index (χ0n) is 9.65. The summed E-state index contributed by atoms with van der Waals surface area (Å²) in [6, 6.07) is -0.318. The molecule has 1 aromatic rings. The van der Waals surface area contributed by atoms with Gasteiger partial charge in [-0.3, -0.25) is 0 Å². The molecule has 0 radical (unpaired) electrons. The molecular weight excluding hydrogens is 257 g/mol. The Kier molecular flexibility index (Phi) is 3.58. The molecule has 18 heavy (non-hydrogen) atoms. The number of phenols is 1. The third-order valence-electron chi connectivity index (χ3n) is 2.66. The molecule has 1 rings (SSSR count). The number of aromatic hydroxyl groups is 1. The normalized spacial score (nSPS) is 14.7. The van der Waals surface area contributed by atoms with Gasteiger partial charge in [0.25, 0.3) is 0 Å². The molecule has 1 aromatic carbocycles. The molecule has 0 aliphatic rings. The molecule has 1 atom stereocenters. The lowest BCUT2D eigenvalue weighted by atomic mass is 9.92. The van der Waals surface area contributed by atoms with E-state index in [1.165, 1.54) is 13.8 Å². The minimum Gasteiger partial charge on any atom is -0.508 e. The Balaban J connectivity index is 3.32. The van der Waals surface area contributed by atoms with Gasteiger partial charge < -0.3 is 10.8 Å². The predicted molar refractivity (Wildman–Crippen MR) is 55.5 cm³/mol. The first-order valence-corrected chi connectivity index (χ1v) is 4.98. The largest absolute Gasteiger partial charge is 0.508 e. The van der Waals surface area contributed by atoms with Crippen molar-refractivity contribution in [2.75, 3.05) is 0 Å². The number of benzene rings is 1. The molecule has 102 valence electrons. The van der Waals surface area contributed by atoms with Gasteiger partial charge in [0.1, 0.15) is 11.8 Å². The minimum atomic E-state index is -5.72. The smallest absolute Gasteiger partial charge is 0.455 e. The molecule has 2 nitrogen and oxygen atoms in total. The van der Waals surface area contributed by atoms with Crippen LogP contribution in [-0.2, 0) is 0 Å². The van der Waals surface area contributed by atoms with Crippen LogP contribution in [0.2, 0.25) is 0 Å². The molecule has 0 amide bonds. The molecule has 0 saturated carbocycles. The SMILES string of the molecule is Cc1cc(O)cc(C)c1[C@@H](N)C(F)(F)C(F)(F)F. The molecule has 0 heterocycles. The van der Waals surface area contributed by atoms with Gasteiger partial charge in [-0.25, -0.2) is 0 Å². The number of hydrogen-bond acceptors (Lipinski definition) is 2. The van der Waals surface area contributed by atoms with Gasteiger partial charge >= 0.3 is 12.1 Å². The van der Waals surface area contributed by atoms with Crippen LogP contribution in [0, 0.1) is 13.8 Å². The van der Waals surface area contributed by atoms with Crippen molar-refractivity contribution in [3.63, 3.8) is 0 Å². The maximum Gasteiger partial charge on any atom is 0.455 e. The van der Waals surface area contributed by atoms with Gasteiger partial charge in [0.2, 0.25) is 0 Å². The summed E-state index contributed by atoms with van der Waals surface area (Å²) in [5.41, 5.74) is 4.92. The maximum absolute atomic E-state index is 13.2. The van der Waals surface area contributed by atoms with E-state index in [9.17, 15) is 27.1 Å². The lowest BCUT2D eigenvalue weighted by molar-refractivity contribution is -0.291. The van der Waals surface area contributed by atoms with Gasteiger partial charge in [-0.05, 0) is 42.7 Å². The van der Waals surface area contributed by atoms with Crippen LogP contribution in [0.25, 0.3) is 0 Å². The molecule has 0 saturated heterocycles. The number of aryl methyl sites for hydroxylation is 2. The van der Waals surface area contributed by atoms with Crippen molar-refractivity contribution in [3.05, 3.63) is 28.8 Å². The number of nitrogens with two attached hydrogens (primary N) is 1. The minimum absolute atomic E-state index is 0.0870. The Hall–Kier alpha value is -1.37. The average Bonchev–Trinajstić information content (AvgIpc) is 2.13. The van der Waals surface area contributed by atoms with Crippen LogP contribution in [-0.4, -0.2) is 17.2 Å². The summed E-state index contributed by atoms with van der Waals surface area (Å²) in [6.45, 7) is 2.63. The van der Waals surface area contributed by atoms with E-state index in [1.54, 1.807) is 0 Å². The van der Waals surface area contributed by atoms with E-state index in [0.717, 1.165) is 12.1 Å². The zero-order chi connectivity index (χ0) is 14.3. The van der Waals surface area contributed by atoms with Gasteiger partial charge in [0.05, 0.1) is 0 Å². The first-order valence-electron chi connectivity index (χ1n) is 4.98. The monoisotopic (exact) mass is 269 g/mol. The topological polar surface area (TPSA) is 46.2 Å². The van der Waals surface area contributed by atoms with Crippen LogP contribution in [0.3, 0.4) is 0 Å². The number of alkyl halides is 5. The van der Waals surface area contributed by atoms with Crippen molar-refractivity contribution in [2.24, 2.45) is 5.73 Å². The highest BCUT2D eigenvalue weighted by atomic mass is 19.4. The summed E-state index contributed by atoms with van der Waals surface area (Å²) in [5.74, 6) is -5.24. The molecule has 3 N–H and O–H groups in total. The van der Waals surface area contributed by atoms with E-state index >= 15 is 0 Å². The fourth-order valence-corrected chi connectivity index (χ4v) is 1.80. The number of phenolic OH excluding ortho intramolecular Hbond substituents is 1. The van der Waals surface area contributed by atoms with Crippen molar-refractivity contribution in [1.82, 2.24) is 0 Å². The molecule has 0 fully saturated rings. The van der Waals surface area contributed by atoms with Crippen molar-refractivity contribution in [1.29, 1.82) is 0 Å². The third kappa shape index (κ3) is 2.40. The predicted octanol–water partition coefficient (Wildman–Crippen LogP) is 3.21. The van der Waals surface area contributed by atoms with Gasteiger partial charge in [-0.1, -0.05) is 0 Å². The lowest BCUT2D eigenvalue weighted by Gasteiger charge is -2.28. The van der Waals surface area contributed by atoms with E-state index < -0.39 is 18.1 Å². The Bertz CT molecular complexity index is 432. The molecule has 0 bridgehead atoms. The Morgan fingerprint density at radius 2 is 1.44 bits per heavy atom. The Morgan fingerprint density at radius 1 is 1.06 bits per heavy atom. The van der Waals surface area contributed by atoms with Crippen LogP contribution in [0.5, 0.6) is 5.75 Å². The van der Waals surface area contributed by atoms with Gasteiger partial charge in [-0.15, -0.1) is 0 Å². The van der Waals surface area contributed by atoms with Crippen molar-refractivity contribution in [2.45, 2.75) is 32.0 Å². The lowest BCUT2D eigenvalue weighted by Crippen LogP contribution is -2.46. The second kappa shape index (κ2) is 4.38. The van der Waals surface area contributed by atoms with Gasteiger partial charge in [0.15, 0.2) is 0 Å². The fraction of sp³-hybridized carbons (Fsp3) is 0.455. The second-order valence-corrected chi connectivity index (χ2v) is 4.09. The maximum atomic E-state index is 13.2. The van der Waals surface area contributed by atoms with Crippen LogP contribution in [0.1, 0.15) is 22.7 Å². The first-order chi connectivity index (χ1) is 7.98. The average molecular weight is 269 g/mol. The van der Waals surface area contributed by atoms with Crippen LogP contribution < -0.4 is 5.73 Å².